The summed E-state index contributed by atoms with van der Waals surface area (Å²) in [5.74, 6) is 0.0132. The first-order valence-corrected chi connectivity index (χ1v) is 9.64. The van der Waals surface area contributed by atoms with Crippen molar-refractivity contribution >= 4 is 11.8 Å². The third-order valence-electron chi connectivity index (χ3n) is 5.32. The molecule has 0 radical (unpaired) electrons. The van der Waals surface area contributed by atoms with Crippen LogP contribution in [0.1, 0.15) is 52.6 Å². The summed E-state index contributed by atoms with van der Waals surface area (Å²) in [6.07, 6.45) is 5.87. The van der Waals surface area contributed by atoms with E-state index in [0.29, 0.717) is 12.1 Å². The fourth-order valence-corrected chi connectivity index (χ4v) is 3.77. The number of fused-ring (bicyclic) bond motifs is 1. The van der Waals surface area contributed by atoms with Crippen molar-refractivity contribution in [2.45, 2.75) is 38.3 Å². The van der Waals surface area contributed by atoms with Gasteiger partial charge in [0, 0.05) is 43.9 Å². The molecule has 7 heteroatoms. The quantitative estimate of drug-likeness (QED) is 0.765. The van der Waals surface area contributed by atoms with Crippen LogP contribution in [0.3, 0.4) is 0 Å². The Kier molecular flexibility index (Phi) is 5.20. The lowest BCUT2D eigenvalue weighted by atomic mass is 10.0. The van der Waals surface area contributed by atoms with E-state index in [1.54, 1.807) is 6.33 Å². The fourth-order valence-electron chi connectivity index (χ4n) is 3.77. The summed E-state index contributed by atoms with van der Waals surface area (Å²) < 4.78 is 0. The first kappa shape index (κ1) is 17.7. The Morgan fingerprint density at radius 1 is 1.15 bits per heavy atom. The zero-order valence-corrected chi connectivity index (χ0v) is 15.3. The smallest absolute Gasteiger partial charge is 0.253 e. The SMILES string of the molecule is O=C(NCc1ccc(C(=O)N2CCCCC2)cc1)[C@@H]1NCCc2[nH]cnc21. The van der Waals surface area contributed by atoms with Gasteiger partial charge in [-0.15, -0.1) is 0 Å². The second-order valence-corrected chi connectivity index (χ2v) is 7.17. The van der Waals surface area contributed by atoms with Crippen molar-refractivity contribution in [1.29, 1.82) is 0 Å². The van der Waals surface area contributed by atoms with Crippen LogP contribution in [-0.4, -0.2) is 46.3 Å². The molecule has 1 atom stereocenters. The van der Waals surface area contributed by atoms with Gasteiger partial charge in [-0.25, -0.2) is 4.98 Å². The van der Waals surface area contributed by atoms with E-state index in [4.69, 9.17) is 0 Å². The van der Waals surface area contributed by atoms with Crippen LogP contribution in [0.2, 0.25) is 0 Å². The highest BCUT2D eigenvalue weighted by molar-refractivity contribution is 5.94. The summed E-state index contributed by atoms with van der Waals surface area (Å²) in [6, 6.07) is 7.10. The lowest BCUT2D eigenvalue weighted by molar-refractivity contribution is -0.123. The maximum Gasteiger partial charge on any atom is 0.253 e. The number of H-pyrrole nitrogens is 1. The first-order valence-electron chi connectivity index (χ1n) is 9.64. The van der Waals surface area contributed by atoms with Gasteiger partial charge >= 0.3 is 0 Å². The summed E-state index contributed by atoms with van der Waals surface area (Å²) in [5, 5.41) is 6.17. The third kappa shape index (κ3) is 3.88. The number of nitrogens with zero attached hydrogens (tertiary/aromatic N) is 2. The lowest BCUT2D eigenvalue weighted by Crippen LogP contribution is -2.41. The molecule has 1 aromatic carbocycles. The Balaban J connectivity index is 1.34. The lowest BCUT2D eigenvalue weighted by Gasteiger charge is -2.26. The van der Waals surface area contributed by atoms with Gasteiger partial charge in [-0.2, -0.15) is 0 Å². The number of rotatable bonds is 4. The van der Waals surface area contributed by atoms with Crippen molar-refractivity contribution in [3.8, 4) is 0 Å². The Hall–Kier alpha value is -2.67. The number of aromatic nitrogens is 2. The fraction of sp³-hybridized carbons (Fsp3) is 0.450. The number of likely N-dealkylation sites (tertiary alicyclic amines) is 1. The van der Waals surface area contributed by atoms with Crippen LogP contribution >= 0.6 is 0 Å². The molecular formula is C20H25N5O2. The number of piperidine rings is 1. The number of amides is 2. The van der Waals surface area contributed by atoms with E-state index in [1.165, 1.54) is 6.42 Å². The summed E-state index contributed by atoms with van der Waals surface area (Å²) in [4.78, 5) is 34.3. The summed E-state index contributed by atoms with van der Waals surface area (Å²) in [6.45, 7) is 2.87. The molecule has 2 aliphatic heterocycles. The molecule has 1 aromatic heterocycles. The van der Waals surface area contributed by atoms with Gasteiger partial charge in [0.2, 0.25) is 5.91 Å². The topological polar surface area (TPSA) is 90.1 Å². The van der Waals surface area contributed by atoms with Crippen LogP contribution in [-0.2, 0) is 17.8 Å². The minimum Gasteiger partial charge on any atom is -0.350 e. The molecular weight excluding hydrogens is 342 g/mol. The molecule has 2 amide bonds. The van der Waals surface area contributed by atoms with Crippen LogP contribution in [0.4, 0.5) is 0 Å². The van der Waals surface area contributed by atoms with Gasteiger partial charge < -0.3 is 20.5 Å². The molecule has 0 saturated carbocycles. The number of benzene rings is 1. The van der Waals surface area contributed by atoms with Crippen molar-refractivity contribution in [3.63, 3.8) is 0 Å². The molecule has 1 saturated heterocycles. The molecule has 0 bridgehead atoms. The molecule has 7 nitrogen and oxygen atoms in total. The van der Waals surface area contributed by atoms with Crippen molar-refractivity contribution in [2.24, 2.45) is 0 Å². The second kappa shape index (κ2) is 7.92. The second-order valence-electron chi connectivity index (χ2n) is 7.17. The maximum atomic E-state index is 12.5. The zero-order valence-electron chi connectivity index (χ0n) is 15.3. The third-order valence-corrected chi connectivity index (χ3v) is 5.32. The highest BCUT2D eigenvalue weighted by Gasteiger charge is 2.28. The van der Waals surface area contributed by atoms with Gasteiger partial charge in [0.1, 0.15) is 6.04 Å². The van der Waals surface area contributed by atoms with Crippen molar-refractivity contribution in [3.05, 3.63) is 53.1 Å². The van der Waals surface area contributed by atoms with E-state index >= 15 is 0 Å². The summed E-state index contributed by atoms with van der Waals surface area (Å²) in [5.41, 5.74) is 3.48. The molecule has 3 heterocycles. The summed E-state index contributed by atoms with van der Waals surface area (Å²) >= 11 is 0. The van der Waals surface area contributed by atoms with Gasteiger partial charge in [0.25, 0.3) is 5.91 Å². The standard InChI is InChI=1S/C20H25N5O2/c26-19(18-17-16(8-9-21-18)23-13-24-17)22-12-14-4-6-15(7-5-14)20(27)25-10-2-1-3-11-25/h4-7,13,18,21H,1-3,8-12H2,(H,22,26)(H,23,24)/t18-/m1/s1. The number of hydrogen-bond acceptors (Lipinski definition) is 4. The molecule has 2 aliphatic rings. The van der Waals surface area contributed by atoms with Crippen LogP contribution < -0.4 is 10.6 Å². The Morgan fingerprint density at radius 3 is 2.70 bits per heavy atom. The van der Waals surface area contributed by atoms with Crippen molar-refractivity contribution in [2.75, 3.05) is 19.6 Å². The van der Waals surface area contributed by atoms with Gasteiger partial charge in [-0.3, -0.25) is 9.59 Å². The van der Waals surface area contributed by atoms with Gasteiger partial charge in [-0.05, 0) is 37.0 Å². The Bertz CT molecular complexity index is 808. The van der Waals surface area contributed by atoms with Crippen LogP contribution in [0, 0.1) is 0 Å². The van der Waals surface area contributed by atoms with Crippen molar-refractivity contribution in [1.82, 2.24) is 25.5 Å². The Labute approximate surface area is 158 Å². The van der Waals surface area contributed by atoms with E-state index in [2.05, 4.69) is 20.6 Å². The minimum absolute atomic E-state index is 0.0866. The molecule has 142 valence electrons. The average molecular weight is 367 g/mol. The van der Waals surface area contributed by atoms with Crippen LogP contribution in [0.15, 0.2) is 30.6 Å². The van der Waals surface area contributed by atoms with E-state index < -0.39 is 6.04 Å². The van der Waals surface area contributed by atoms with E-state index in [0.717, 1.165) is 55.8 Å². The number of carbonyl (C=O) groups excluding carboxylic acids is 2. The molecule has 1 fully saturated rings. The summed E-state index contributed by atoms with van der Waals surface area (Å²) in [7, 11) is 0. The molecule has 4 rings (SSSR count). The molecule has 0 aliphatic carbocycles. The van der Waals surface area contributed by atoms with E-state index in [-0.39, 0.29) is 11.8 Å². The van der Waals surface area contributed by atoms with Crippen molar-refractivity contribution < 1.29 is 9.59 Å². The number of nitrogens with one attached hydrogen (secondary N) is 3. The van der Waals surface area contributed by atoms with Gasteiger partial charge in [0.05, 0.1) is 12.0 Å². The minimum atomic E-state index is -0.417. The number of hydrogen-bond donors (Lipinski definition) is 3. The van der Waals surface area contributed by atoms with E-state index in [1.807, 2.05) is 29.2 Å². The van der Waals surface area contributed by atoms with Crippen LogP contribution in [0.5, 0.6) is 0 Å². The highest BCUT2D eigenvalue weighted by atomic mass is 16.2. The highest BCUT2D eigenvalue weighted by Crippen LogP contribution is 2.19. The average Bonchev–Trinajstić information content (AvgIpc) is 3.21. The van der Waals surface area contributed by atoms with Gasteiger partial charge in [0.15, 0.2) is 0 Å². The van der Waals surface area contributed by atoms with Gasteiger partial charge in [-0.1, -0.05) is 12.1 Å². The normalized spacial score (nSPS) is 19.4. The molecule has 27 heavy (non-hydrogen) atoms. The molecule has 3 N–H and O–H groups in total. The predicted molar refractivity (Wildman–Crippen MR) is 101 cm³/mol. The molecule has 0 unspecified atom stereocenters. The molecule has 0 spiro atoms. The predicted octanol–water partition coefficient (Wildman–Crippen LogP) is 1.54. The first-order chi connectivity index (χ1) is 13.2. The largest absolute Gasteiger partial charge is 0.350 e. The van der Waals surface area contributed by atoms with Crippen LogP contribution in [0.25, 0.3) is 0 Å². The zero-order chi connectivity index (χ0) is 18.6. The molecule has 2 aromatic rings. The Morgan fingerprint density at radius 2 is 1.93 bits per heavy atom. The maximum absolute atomic E-state index is 12.5. The number of imidazole rings is 1. The number of aromatic amines is 1. The number of carbonyl (C=O) groups is 2. The monoisotopic (exact) mass is 367 g/mol. The van der Waals surface area contributed by atoms with E-state index in [9.17, 15) is 9.59 Å².